The van der Waals surface area contributed by atoms with Crippen LogP contribution in [-0.2, 0) is 13.6 Å². The summed E-state index contributed by atoms with van der Waals surface area (Å²) in [5.74, 6) is 0. The Balaban J connectivity index is 0. The summed E-state index contributed by atoms with van der Waals surface area (Å²) < 4.78 is 4.28. The van der Waals surface area contributed by atoms with Crippen LogP contribution in [0.3, 0.4) is 0 Å². The van der Waals surface area contributed by atoms with Crippen molar-refractivity contribution >= 4 is 0 Å². The zero-order chi connectivity index (χ0) is 7.40. The lowest BCUT2D eigenvalue weighted by Gasteiger charge is -1.90. The Kier molecular flexibility index (Phi) is 8.32. The number of hydrogen-bond donors (Lipinski definition) is 0. The number of imidazole rings is 1. The first-order valence-corrected chi connectivity index (χ1v) is 3.84. The molecule has 0 aliphatic carbocycles. The lowest BCUT2D eigenvalue weighted by atomic mass is 10.3. The molecule has 2 N–H and O–H groups in total. The zero-order valence-electron chi connectivity index (χ0n) is 7.63. The average molecular weight is 193 g/mol. The zero-order valence-corrected chi connectivity index (χ0v) is 8.38. The van der Waals surface area contributed by atoms with Crippen molar-refractivity contribution in [2.24, 2.45) is 7.05 Å². The summed E-state index contributed by atoms with van der Waals surface area (Å²) in [6.07, 6.45) is 8.82. The topological polar surface area (TPSA) is 40.3 Å². The van der Waals surface area contributed by atoms with Crippen molar-refractivity contribution < 1.29 is 22.5 Å². The van der Waals surface area contributed by atoms with E-state index in [0.29, 0.717) is 0 Å². The van der Waals surface area contributed by atoms with Gasteiger partial charge in [0.05, 0.1) is 13.6 Å². The first kappa shape index (κ1) is 14.0. The summed E-state index contributed by atoms with van der Waals surface area (Å²) in [5.41, 5.74) is 0. The molecule has 0 unspecified atom stereocenters. The third-order valence-electron chi connectivity index (χ3n) is 1.59. The fourth-order valence-corrected chi connectivity index (χ4v) is 0.975. The fourth-order valence-electron chi connectivity index (χ4n) is 0.975. The molecule has 1 aromatic rings. The number of rotatable bonds is 3. The number of halogens is 1. The summed E-state index contributed by atoms with van der Waals surface area (Å²) >= 11 is 0. The van der Waals surface area contributed by atoms with Gasteiger partial charge in [-0.1, -0.05) is 13.3 Å². The Bertz CT molecular complexity index is 201. The van der Waals surface area contributed by atoms with Gasteiger partial charge in [0, 0.05) is 0 Å². The van der Waals surface area contributed by atoms with Crippen molar-refractivity contribution in [2.75, 3.05) is 0 Å². The average Bonchev–Trinajstić information content (AvgIpc) is 2.31. The molecule has 0 spiro atoms. The van der Waals surface area contributed by atoms with Gasteiger partial charge in [-0.3, -0.25) is 0 Å². The smallest absolute Gasteiger partial charge is 0.243 e. The molecule has 0 amide bonds. The van der Waals surface area contributed by atoms with Crippen LogP contribution >= 0.6 is 0 Å². The van der Waals surface area contributed by atoms with Gasteiger partial charge in [0.25, 0.3) is 0 Å². The summed E-state index contributed by atoms with van der Waals surface area (Å²) in [4.78, 5) is 0. The minimum absolute atomic E-state index is 0. The highest BCUT2D eigenvalue weighted by molar-refractivity contribution is 4.65. The predicted molar refractivity (Wildman–Crippen MR) is 44.1 cm³/mol. The number of aromatic nitrogens is 2. The van der Waals surface area contributed by atoms with Gasteiger partial charge in [-0.25, -0.2) is 9.13 Å². The van der Waals surface area contributed by atoms with E-state index in [9.17, 15) is 0 Å². The standard InChI is InChI=1S/C8H15N2.ClH.H2O/c1-3-4-5-10-7-6-9(2)8-10;;/h6-8H,3-5H2,1-2H3;1H;1H2/q+1;;/p-1. The number of aryl methyl sites for hydroxylation is 2. The molecule has 1 aromatic heterocycles. The van der Waals surface area contributed by atoms with Crippen LogP contribution in [0, 0.1) is 0 Å². The molecule has 0 radical (unpaired) electrons. The van der Waals surface area contributed by atoms with Gasteiger partial charge in [0.1, 0.15) is 12.4 Å². The normalized spacial score (nSPS) is 8.50. The Morgan fingerprint density at radius 2 is 2.08 bits per heavy atom. The summed E-state index contributed by atoms with van der Waals surface area (Å²) in [7, 11) is 2.04. The van der Waals surface area contributed by atoms with Crippen LogP contribution in [-0.4, -0.2) is 10.0 Å². The van der Waals surface area contributed by atoms with Gasteiger partial charge in [-0.2, -0.15) is 0 Å². The SMILES string of the molecule is CCCCn1cc[n+](C)c1.O.[Cl-]. The Morgan fingerprint density at radius 1 is 1.42 bits per heavy atom. The molecule has 0 saturated carbocycles. The molecule has 0 aliphatic heterocycles. The monoisotopic (exact) mass is 192 g/mol. The highest BCUT2D eigenvalue weighted by atomic mass is 35.5. The molecule has 1 heterocycles. The van der Waals surface area contributed by atoms with Crippen molar-refractivity contribution in [3.8, 4) is 0 Å². The van der Waals surface area contributed by atoms with E-state index in [-0.39, 0.29) is 17.9 Å². The summed E-state index contributed by atoms with van der Waals surface area (Å²) in [6.45, 7) is 3.36. The Hall–Kier alpha value is -0.540. The van der Waals surface area contributed by atoms with E-state index in [4.69, 9.17) is 0 Å². The molecule has 3 nitrogen and oxygen atoms in total. The van der Waals surface area contributed by atoms with Gasteiger partial charge in [-0.15, -0.1) is 0 Å². The van der Waals surface area contributed by atoms with Gasteiger partial charge in [-0.05, 0) is 6.42 Å². The number of hydrogen-bond acceptors (Lipinski definition) is 0. The lowest BCUT2D eigenvalue weighted by Crippen LogP contribution is -3.00. The minimum atomic E-state index is 0. The van der Waals surface area contributed by atoms with Crippen molar-refractivity contribution in [1.82, 2.24) is 4.57 Å². The number of unbranched alkanes of at least 4 members (excludes halogenated alkanes) is 1. The van der Waals surface area contributed by atoms with E-state index in [0.717, 1.165) is 6.54 Å². The van der Waals surface area contributed by atoms with Crippen LogP contribution < -0.4 is 17.0 Å². The maximum Gasteiger partial charge on any atom is 0.243 e. The van der Waals surface area contributed by atoms with Crippen molar-refractivity contribution in [3.63, 3.8) is 0 Å². The Labute approximate surface area is 79.7 Å². The van der Waals surface area contributed by atoms with Crippen molar-refractivity contribution in [1.29, 1.82) is 0 Å². The van der Waals surface area contributed by atoms with Crippen molar-refractivity contribution in [3.05, 3.63) is 18.7 Å². The van der Waals surface area contributed by atoms with E-state index >= 15 is 0 Å². The number of nitrogens with zero attached hydrogens (tertiary/aromatic N) is 2. The molecule has 0 bridgehead atoms. The highest BCUT2D eigenvalue weighted by Gasteiger charge is 1.96. The first-order chi connectivity index (χ1) is 4.83. The second kappa shape index (κ2) is 7.13. The molecule has 4 heteroatoms. The van der Waals surface area contributed by atoms with E-state index in [1.54, 1.807) is 0 Å². The molecule has 12 heavy (non-hydrogen) atoms. The molecule has 72 valence electrons. The molecular weight excluding hydrogens is 176 g/mol. The quantitative estimate of drug-likeness (QED) is 0.468. The molecular formula is C8H17ClN2O. The van der Waals surface area contributed by atoms with Crippen LogP contribution in [0.25, 0.3) is 0 Å². The van der Waals surface area contributed by atoms with Gasteiger partial charge >= 0.3 is 0 Å². The second-order valence-electron chi connectivity index (χ2n) is 2.67. The van der Waals surface area contributed by atoms with E-state index in [1.807, 2.05) is 7.05 Å². The summed E-state index contributed by atoms with van der Waals surface area (Å²) in [6, 6.07) is 0. The van der Waals surface area contributed by atoms with Crippen LogP contribution in [0.5, 0.6) is 0 Å². The molecule has 0 fully saturated rings. The third kappa shape index (κ3) is 4.36. The van der Waals surface area contributed by atoms with Crippen LogP contribution in [0.1, 0.15) is 19.8 Å². The summed E-state index contributed by atoms with van der Waals surface area (Å²) in [5, 5.41) is 0. The molecule has 0 saturated heterocycles. The van der Waals surface area contributed by atoms with Crippen molar-refractivity contribution in [2.45, 2.75) is 26.3 Å². The minimum Gasteiger partial charge on any atom is -1.00 e. The highest BCUT2D eigenvalue weighted by Crippen LogP contribution is 1.91. The van der Waals surface area contributed by atoms with Crippen LogP contribution in [0.15, 0.2) is 18.7 Å². The second-order valence-corrected chi connectivity index (χ2v) is 2.67. The van der Waals surface area contributed by atoms with Gasteiger partial charge < -0.3 is 17.9 Å². The maximum absolute atomic E-state index is 2.21. The van der Waals surface area contributed by atoms with E-state index in [1.165, 1.54) is 12.8 Å². The largest absolute Gasteiger partial charge is 1.00 e. The first-order valence-electron chi connectivity index (χ1n) is 3.84. The van der Waals surface area contributed by atoms with Crippen LogP contribution in [0.2, 0.25) is 0 Å². The Morgan fingerprint density at radius 3 is 2.50 bits per heavy atom. The molecule has 1 rings (SSSR count). The molecule has 0 aliphatic rings. The molecule has 0 aromatic carbocycles. The fraction of sp³-hybridized carbons (Fsp3) is 0.625. The van der Waals surface area contributed by atoms with E-state index < -0.39 is 0 Å². The van der Waals surface area contributed by atoms with Gasteiger partial charge in [0.2, 0.25) is 6.33 Å². The lowest BCUT2D eigenvalue weighted by molar-refractivity contribution is -0.671. The van der Waals surface area contributed by atoms with Crippen LogP contribution in [0.4, 0.5) is 0 Å². The molecule has 0 atom stereocenters. The van der Waals surface area contributed by atoms with E-state index in [2.05, 4.69) is 34.8 Å². The third-order valence-corrected chi connectivity index (χ3v) is 1.59. The van der Waals surface area contributed by atoms with Gasteiger partial charge in [0.15, 0.2) is 0 Å². The maximum atomic E-state index is 2.21. The predicted octanol–water partition coefficient (Wildman–Crippen LogP) is -2.71.